The van der Waals surface area contributed by atoms with Crippen LogP contribution in [-0.4, -0.2) is 30.4 Å². The van der Waals surface area contributed by atoms with Crippen molar-refractivity contribution in [3.05, 3.63) is 69.3 Å². The Kier molecular flexibility index (Phi) is 5.95. The van der Waals surface area contributed by atoms with Crippen molar-refractivity contribution in [1.82, 2.24) is 24.7 Å². The van der Waals surface area contributed by atoms with Gasteiger partial charge in [-0.15, -0.1) is 0 Å². The van der Waals surface area contributed by atoms with Crippen LogP contribution in [0.4, 0.5) is 19.0 Å². The third-order valence-electron chi connectivity index (χ3n) is 5.97. The van der Waals surface area contributed by atoms with Crippen molar-refractivity contribution in [1.29, 1.82) is 10.7 Å². The number of aryl methyl sites for hydroxylation is 1. The van der Waals surface area contributed by atoms with Crippen molar-refractivity contribution < 1.29 is 13.2 Å². The SMILES string of the molecule is C[C@H](Nc1nc(C2CCC2c2ccn(C)n2)[nH]c(=O)c1C(=N)C#N)c1ccc(C(F)(F)F)nc1. The maximum Gasteiger partial charge on any atom is 0.433 e. The zero-order chi connectivity index (χ0) is 24.6. The summed E-state index contributed by atoms with van der Waals surface area (Å²) in [6.45, 7) is 1.66. The smallest absolute Gasteiger partial charge is 0.363 e. The fraction of sp³-hybridized carbons (Fsp3) is 0.364. The predicted octanol–water partition coefficient (Wildman–Crippen LogP) is 3.64. The molecule has 3 atom stereocenters. The van der Waals surface area contributed by atoms with E-state index in [0.717, 1.165) is 30.8 Å². The molecule has 176 valence electrons. The highest BCUT2D eigenvalue weighted by atomic mass is 19.4. The molecular weight excluding hydrogens is 449 g/mol. The number of hydrogen-bond acceptors (Lipinski definition) is 7. The van der Waals surface area contributed by atoms with Crippen LogP contribution in [0.2, 0.25) is 0 Å². The number of nitrogens with one attached hydrogen (secondary N) is 3. The molecule has 1 saturated carbocycles. The maximum absolute atomic E-state index is 12.8. The second-order valence-corrected chi connectivity index (χ2v) is 8.21. The summed E-state index contributed by atoms with van der Waals surface area (Å²) >= 11 is 0. The molecule has 0 aliphatic heterocycles. The fourth-order valence-corrected chi connectivity index (χ4v) is 3.99. The largest absolute Gasteiger partial charge is 0.433 e. The lowest BCUT2D eigenvalue weighted by Crippen LogP contribution is -2.30. The molecule has 0 amide bonds. The van der Waals surface area contributed by atoms with Crippen molar-refractivity contribution in [3.8, 4) is 6.07 Å². The number of nitriles is 1. The van der Waals surface area contributed by atoms with E-state index >= 15 is 0 Å². The second kappa shape index (κ2) is 8.74. The van der Waals surface area contributed by atoms with Crippen molar-refractivity contribution >= 4 is 11.5 Å². The molecule has 0 aromatic carbocycles. The van der Waals surface area contributed by atoms with Crippen LogP contribution in [0.5, 0.6) is 0 Å². The molecular formula is C22H21F3N8O. The topological polar surface area (TPSA) is 136 Å². The van der Waals surface area contributed by atoms with Crippen LogP contribution in [-0.2, 0) is 13.2 Å². The third-order valence-corrected chi connectivity index (χ3v) is 5.97. The Hall–Kier alpha value is -4.01. The highest BCUT2D eigenvalue weighted by Crippen LogP contribution is 2.47. The molecule has 12 heteroatoms. The molecule has 2 unspecified atom stereocenters. The molecule has 0 radical (unpaired) electrons. The lowest BCUT2D eigenvalue weighted by molar-refractivity contribution is -0.141. The Morgan fingerprint density at radius 3 is 2.59 bits per heavy atom. The molecule has 3 aromatic rings. The van der Waals surface area contributed by atoms with Gasteiger partial charge in [-0.2, -0.15) is 23.5 Å². The zero-order valence-corrected chi connectivity index (χ0v) is 18.3. The maximum atomic E-state index is 12.8. The zero-order valence-electron chi connectivity index (χ0n) is 18.3. The van der Waals surface area contributed by atoms with E-state index in [9.17, 15) is 23.2 Å². The first-order valence-corrected chi connectivity index (χ1v) is 10.5. The highest BCUT2D eigenvalue weighted by Gasteiger charge is 2.37. The lowest BCUT2D eigenvalue weighted by Gasteiger charge is -2.34. The van der Waals surface area contributed by atoms with E-state index in [0.29, 0.717) is 11.4 Å². The van der Waals surface area contributed by atoms with Gasteiger partial charge in [0.1, 0.15) is 34.7 Å². The van der Waals surface area contributed by atoms with Crippen LogP contribution in [0.3, 0.4) is 0 Å². The van der Waals surface area contributed by atoms with Crippen LogP contribution in [0.25, 0.3) is 0 Å². The van der Waals surface area contributed by atoms with Crippen molar-refractivity contribution in [3.63, 3.8) is 0 Å². The second-order valence-electron chi connectivity index (χ2n) is 8.21. The Labute approximate surface area is 192 Å². The van der Waals surface area contributed by atoms with E-state index in [1.54, 1.807) is 17.7 Å². The number of pyridine rings is 1. The van der Waals surface area contributed by atoms with E-state index in [2.05, 4.69) is 25.4 Å². The summed E-state index contributed by atoms with van der Waals surface area (Å²) in [7, 11) is 1.82. The number of nitrogens with zero attached hydrogens (tertiary/aromatic N) is 5. The normalized spacial score (nSPS) is 18.6. The van der Waals surface area contributed by atoms with Gasteiger partial charge < -0.3 is 10.3 Å². The van der Waals surface area contributed by atoms with Crippen molar-refractivity contribution in [2.24, 2.45) is 7.05 Å². The lowest BCUT2D eigenvalue weighted by atomic mass is 9.71. The first kappa shape index (κ1) is 23.2. The van der Waals surface area contributed by atoms with Gasteiger partial charge in [0.15, 0.2) is 0 Å². The summed E-state index contributed by atoms with van der Waals surface area (Å²) < 4.78 is 40.2. The van der Waals surface area contributed by atoms with Gasteiger partial charge in [-0.25, -0.2) is 4.98 Å². The van der Waals surface area contributed by atoms with Crippen molar-refractivity contribution in [2.45, 2.75) is 43.8 Å². The number of aromatic nitrogens is 5. The monoisotopic (exact) mass is 470 g/mol. The number of aromatic amines is 1. The fourth-order valence-electron chi connectivity index (χ4n) is 3.99. The van der Waals surface area contributed by atoms with E-state index in [1.807, 2.05) is 19.3 Å². The number of anilines is 1. The van der Waals surface area contributed by atoms with Gasteiger partial charge in [0.2, 0.25) is 0 Å². The number of hydrogen-bond donors (Lipinski definition) is 3. The number of rotatable bonds is 6. The van der Waals surface area contributed by atoms with E-state index in [4.69, 9.17) is 5.41 Å². The molecule has 3 N–H and O–H groups in total. The molecule has 1 aliphatic carbocycles. The molecule has 0 spiro atoms. The average molecular weight is 470 g/mol. The van der Waals surface area contributed by atoms with Crippen LogP contribution < -0.4 is 10.9 Å². The molecule has 1 fully saturated rings. The molecule has 34 heavy (non-hydrogen) atoms. The summed E-state index contributed by atoms with van der Waals surface area (Å²) in [4.78, 5) is 23.5. The Bertz CT molecular complexity index is 1320. The minimum absolute atomic E-state index is 0.0179. The van der Waals surface area contributed by atoms with E-state index in [1.165, 1.54) is 6.07 Å². The van der Waals surface area contributed by atoms with Gasteiger partial charge in [-0.3, -0.25) is 19.9 Å². The standard InChI is InChI=1S/C22H21F3N8O/c1-11(12-3-6-17(28-10-12)22(23,24)25)29-20-18(15(27)9-26)21(34)31-19(30-20)14-5-4-13(14)16-7-8-33(2)32-16/h3,6-8,10-11,13-14,27H,4-5H2,1-2H3,(H2,29,30,31,34)/t11-,13?,14?/m0/s1. The molecule has 0 bridgehead atoms. The number of halogens is 3. The number of alkyl halides is 3. The summed E-state index contributed by atoms with van der Waals surface area (Å²) in [5.74, 6) is 0.387. The molecule has 1 aliphatic rings. The quantitative estimate of drug-likeness (QED) is 0.471. The summed E-state index contributed by atoms with van der Waals surface area (Å²) in [6, 6.07) is 5.10. The van der Waals surface area contributed by atoms with E-state index in [-0.39, 0.29) is 23.2 Å². The van der Waals surface area contributed by atoms with Crippen molar-refractivity contribution in [2.75, 3.05) is 5.32 Å². The summed E-state index contributed by atoms with van der Waals surface area (Å²) in [5.41, 5.74) is -1.15. The van der Waals surface area contributed by atoms with Gasteiger partial charge in [0, 0.05) is 31.3 Å². The first-order chi connectivity index (χ1) is 16.1. The van der Waals surface area contributed by atoms with Gasteiger partial charge >= 0.3 is 6.18 Å². The van der Waals surface area contributed by atoms with Crippen LogP contribution in [0.15, 0.2) is 35.4 Å². The predicted molar refractivity (Wildman–Crippen MR) is 117 cm³/mol. The highest BCUT2D eigenvalue weighted by molar-refractivity contribution is 6.12. The third kappa shape index (κ3) is 4.41. The Morgan fingerprint density at radius 2 is 2.06 bits per heavy atom. The van der Waals surface area contributed by atoms with Gasteiger partial charge in [-0.05, 0) is 37.5 Å². The van der Waals surface area contributed by atoms with Crippen LogP contribution >= 0.6 is 0 Å². The Morgan fingerprint density at radius 1 is 1.32 bits per heavy atom. The van der Waals surface area contributed by atoms with Gasteiger partial charge in [0.05, 0.1) is 11.7 Å². The van der Waals surface area contributed by atoms with Crippen LogP contribution in [0.1, 0.15) is 66.0 Å². The van der Waals surface area contributed by atoms with Gasteiger partial charge in [-0.1, -0.05) is 6.07 Å². The molecule has 3 heterocycles. The van der Waals surface area contributed by atoms with Gasteiger partial charge in [0.25, 0.3) is 5.56 Å². The summed E-state index contributed by atoms with van der Waals surface area (Å²) in [6.07, 6.45) is 0.0207. The Balaban J connectivity index is 1.66. The summed E-state index contributed by atoms with van der Waals surface area (Å²) in [5, 5.41) is 24.5. The molecule has 3 aromatic heterocycles. The van der Waals surface area contributed by atoms with Crippen LogP contribution in [0, 0.1) is 16.7 Å². The molecule has 4 rings (SSSR count). The first-order valence-electron chi connectivity index (χ1n) is 10.5. The van der Waals surface area contributed by atoms with E-state index < -0.39 is 29.2 Å². The minimum atomic E-state index is -4.56. The molecule has 0 saturated heterocycles. The number of H-pyrrole nitrogens is 1. The average Bonchev–Trinajstić information content (AvgIpc) is 3.17. The minimum Gasteiger partial charge on any atom is -0.363 e. The molecule has 9 nitrogen and oxygen atoms in total.